The lowest BCUT2D eigenvalue weighted by Crippen LogP contribution is -2.34. The number of anilines is 1. The fourth-order valence-corrected chi connectivity index (χ4v) is 3.92. The van der Waals surface area contributed by atoms with E-state index >= 15 is 0 Å². The number of methoxy groups -OCH3 is 2. The van der Waals surface area contributed by atoms with Gasteiger partial charge in [-0.2, -0.15) is 0 Å². The highest BCUT2D eigenvalue weighted by atomic mass is 32.2. The smallest absolute Gasteiger partial charge is 0.323 e. The van der Waals surface area contributed by atoms with Gasteiger partial charge in [-0.1, -0.05) is 6.07 Å². The Bertz CT molecular complexity index is 749. The van der Waals surface area contributed by atoms with Crippen molar-refractivity contribution in [2.75, 3.05) is 31.8 Å². The molecule has 1 heterocycles. The predicted octanol–water partition coefficient (Wildman–Crippen LogP) is 4.12. The Morgan fingerprint density at radius 1 is 1.20 bits per heavy atom. The largest absolute Gasteiger partial charge is 0.497 e. The maximum atomic E-state index is 13.3. The maximum absolute atomic E-state index is 13.3. The average Bonchev–Trinajstić information content (AvgIpc) is 3.11. The van der Waals surface area contributed by atoms with Gasteiger partial charge in [-0.05, 0) is 35.9 Å². The minimum atomic E-state index is -0.386. The first-order chi connectivity index (χ1) is 12.1. The van der Waals surface area contributed by atoms with Crippen molar-refractivity contribution in [2.24, 2.45) is 0 Å². The first-order valence-electron chi connectivity index (χ1n) is 7.78. The summed E-state index contributed by atoms with van der Waals surface area (Å²) in [5.41, 5.74) is 1.36. The van der Waals surface area contributed by atoms with Gasteiger partial charge in [-0.25, -0.2) is 9.18 Å². The molecule has 132 valence electrons. The summed E-state index contributed by atoms with van der Waals surface area (Å²) in [6.07, 6.45) is 0. The molecule has 0 radical (unpaired) electrons. The number of rotatable bonds is 4. The SMILES string of the molecule is COc1cc(OC)cc([C@@H]2SCCN2C(=O)Nc2cccc(F)c2)c1. The normalized spacial score (nSPS) is 16.6. The Balaban J connectivity index is 1.81. The number of benzene rings is 2. The van der Waals surface area contributed by atoms with E-state index in [1.54, 1.807) is 49.1 Å². The van der Waals surface area contributed by atoms with E-state index < -0.39 is 0 Å². The highest BCUT2D eigenvalue weighted by Crippen LogP contribution is 2.40. The lowest BCUT2D eigenvalue weighted by Gasteiger charge is -2.25. The van der Waals surface area contributed by atoms with Gasteiger partial charge in [0.05, 0.1) is 14.2 Å². The Morgan fingerprint density at radius 2 is 1.92 bits per heavy atom. The van der Waals surface area contributed by atoms with Gasteiger partial charge in [0.1, 0.15) is 22.7 Å². The van der Waals surface area contributed by atoms with E-state index in [0.717, 1.165) is 11.3 Å². The van der Waals surface area contributed by atoms with Crippen molar-refractivity contribution in [1.29, 1.82) is 0 Å². The summed E-state index contributed by atoms with van der Waals surface area (Å²) >= 11 is 1.66. The molecule has 0 aromatic heterocycles. The topological polar surface area (TPSA) is 50.8 Å². The van der Waals surface area contributed by atoms with Crippen molar-refractivity contribution >= 4 is 23.5 Å². The van der Waals surface area contributed by atoms with Crippen LogP contribution in [0.15, 0.2) is 42.5 Å². The van der Waals surface area contributed by atoms with E-state index in [1.165, 1.54) is 12.1 Å². The van der Waals surface area contributed by atoms with Crippen molar-refractivity contribution in [1.82, 2.24) is 4.90 Å². The van der Waals surface area contributed by atoms with Crippen molar-refractivity contribution < 1.29 is 18.7 Å². The van der Waals surface area contributed by atoms with Crippen LogP contribution in [-0.4, -0.2) is 37.4 Å². The Morgan fingerprint density at radius 3 is 2.56 bits per heavy atom. The zero-order chi connectivity index (χ0) is 17.8. The third-order valence-electron chi connectivity index (χ3n) is 3.89. The molecule has 0 spiro atoms. The van der Waals surface area contributed by atoms with Crippen molar-refractivity contribution in [2.45, 2.75) is 5.37 Å². The standard InChI is InChI=1S/C18H19FN2O3S/c1-23-15-8-12(9-16(11-15)24-2)17-21(6-7-25-17)18(22)20-14-5-3-4-13(19)10-14/h3-5,8-11,17H,6-7H2,1-2H3,(H,20,22)/t17-/m0/s1. The van der Waals surface area contributed by atoms with Crippen LogP contribution < -0.4 is 14.8 Å². The van der Waals surface area contributed by atoms with Crippen LogP contribution in [0.1, 0.15) is 10.9 Å². The zero-order valence-corrected chi connectivity index (χ0v) is 14.8. The number of amides is 2. The van der Waals surface area contributed by atoms with E-state index in [1.807, 2.05) is 12.1 Å². The molecule has 1 aliphatic rings. The van der Waals surface area contributed by atoms with Crippen LogP contribution in [0, 0.1) is 5.82 Å². The van der Waals surface area contributed by atoms with Crippen molar-refractivity contribution in [3.05, 3.63) is 53.8 Å². The van der Waals surface area contributed by atoms with Crippen molar-refractivity contribution in [3.63, 3.8) is 0 Å². The predicted molar refractivity (Wildman–Crippen MR) is 96.9 cm³/mol. The van der Waals surface area contributed by atoms with Gasteiger partial charge in [-0.3, -0.25) is 0 Å². The number of nitrogens with one attached hydrogen (secondary N) is 1. The molecule has 0 aliphatic carbocycles. The Hall–Kier alpha value is -2.41. The summed E-state index contributed by atoms with van der Waals surface area (Å²) in [5.74, 6) is 1.78. The Labute approximate surface area is 150 Å². The summed E-state index contributed by atoms with van der Waals surface area (Å²) in [4.78, 5) is 14.4. The van der Waals surface area contributed by atoms with Crippen molar-refractivity contribution in [3.8, 4) is 11.5 Å². The summed E-state index contributed by atoms with van der Waals surface area (Å²) < 4.78 is 23.9. The minimum absolute atomic E-state index is 0.155. The number of urea groups is 1. The van der Waals surface area contributed by atoms with E-state index in [9.17, 15) is 9.18 Å². The molecular formula is C18H19FN2O3S. The molecule has 7 heteroatoms. The monoisotopic (exact) mass is 362 g/mol. The van der Waals surface area contributed by atoms with Crippen LogP contribution in [0.2, 0.25) is 0 Å². The molecule has 1 saturated heterocycles. The average molecular weight is 362 g/mol. The number of ether oxygens (including phenoxy) is 2. The number of hydrogen-bond acceptors (Lipinski definition) is 4. The molecule has 2 aromatic carbocycles. The van der Waals surface area contributed by atoms with Gasteiger partial charge >= 0.3 is 6.03 Å². The number of halogens is 1. The number of nitrogens with zero attached hydrogens (tertiary/aromatic N) is 1. The van der Waals surface area contributed by atoms with Gasteiger partial charge in [-0.15, -0.1) is 11.8 Å². The molecule has 0 unspecified atom stereocenters. The minimum Gasteiger partial charge on any atom is -0.497 e. The molecule has 3 rings (SSSR count). The van der Waals surface area contributed by atoms with Crippen LogP contribution in [-0.2, 0) is 0 Å². The number of carbonyl (C=O) groups excluding carboxylic acids is 1. The second kappa shape index (κ2) is 7.65. The van der Waals surface area contributed by atoms with E-state index in [2.05, 4.69) is 5.32 Å². The molecule has 1 aliphatic heterocycles. The van der Waals surface area contributed by atoms with Gasteiger partial charge < -0.3 is 19.7 Å². The summed E-state index contributed by atoms with van der Waals surface area (Å²) in [6.45, 7) is 0.607. The Kier molecular flexibility index (Phi) is 5.33. The third-order valence-corrected chi connectivity index (χ3v) is 5.15. The molecular weight excluding hydrogens is 343 g/mol. The number of hydrogen-bond donors (Lipinski definition) is 1. The number of thioether (sulfide) groups is 1. The second-order valence-corrected chi connectivity index (χ2v) is 6.69. The highest BCUT2D eigenvalue weighted by molar-refractivity contribution is 7.99. The van der Waals surface area contributed by atoms with Crippen LogP contribution in [0.4, 0.5) is 14.9 Å². The lowest BCUT2D eigenvalue weighted by molar-refractivity contribution is 0.214. The van der Waals surface area contributed by atoms with Gasteiger partial charge in [0, 0.05) is 24.1 Å². The van der Waals surface area contributed by atoms with Crippen LogP contribution in [0.3, 0.4) is 0 Å². The molecule has 5 nitrogen and oxygen atoms in total. The first-order valence-corrected chi connectivity index (χ1v) is 8.83. The maximum Gasteiger partial charge on any atom is 0.323 e. The second-order valence-electron chi connectivity index (χ2n) is 5.50. The molecule has 0 saturated carbocycles. The van der Waals surface area contributed by atoms with E-state index in [-0.39, 0.29) is 17.2 Å². The van der Waals surface area contributed by atoms with Crippen LogP contribution >= 0.6 is 11.8 Å². The molecule has 1 atom stereocenters. The zero-order valence-electron chi connectivity index (χ0n) is 14.0. The molecule has 1 fully saturated rings. The summed E-state index contributed by atoms with van der Waals surface area (Å²) in [5, 5.41) is 2.60. The quantitative estimate of drug-likeness (QED) is 0.889. The molecule has 25 heavy (non-hydrogen) atoms. The fraction of sp³-hybridized carbons (Fsp3) is 0.278. The van der Waals surface area contributed by atoms with Gasteiger partial charge in [0.2, 0.25) is 0 Å². The molecule has 2 amide bonds. The third kappa shape index (κ3) is 3.99. The van der Waals surface area contributed by atoms with Gasteiger partial charge in [0.25, 0.3) is 0 Å². The lowest BCUT2D eigenvalue weighted by atomic mass is 10.2. The fourth-order valence-electron chi connectivity index (χ4n) is 2.69. The number of carbonyl (C=O) groups is 1. The highest BCUT2D eigenvalue weighted by Gasteiger charge is 2.31. The molecule has 0 bridgehead atoms. The summed E-state index contributed by atoms with van der Waals surface area (Å²) in [7, 11) is 3.18. The van der Waals surface area contributed by atoms with E-state index in [0.29, 0.717) is 23.7 Å². The van der Waals surface area contributed by atoms with Gasteiger partial charge in [0.15, 0.2) is 0 Å². The molecule has 1 N–H and O–H groups in total. The van der Waals surface area contributed by atoms with Crippen LogP contribution in [0.5, 0.6) is 11.5 Å². The first kappa shape index (κ1) is 17.4. The summed E-state index contributed by atoms with van der Waals surface area (Å²) in [6, 6.07) is 11.2. The van der Waals surface area contributed by atoms with E-state index in [4.69, 9.17) is 9.47 Å². The van der Waals surface area contributed by atoms with Crippen LogP contribution in [0.25, 0.3) is 0 Å². The molecule has 2 aromatic rings.